The number of hydrogen-bond acceptors (Lipinski definition) is 6. The van der Waals surface area contributed by atoms with Crippen molar-refractivity contribution in [3.8, 4) is 0 Å². The highest BCUT2D eigenvalue weighted by molar-refractivity contribution is 5.87. The minimum atomic E-state index is -0.579. The lowest BCUT2D eigenvalue weighted by atomic mass is 9.85. The molecule has 0 radical (unpaired) electrons. The van der Waals surface area contributed by atoms with Crippen molar-refractivity contribution in [2.75, 3.05) is 0 Å². The van der Waals surface area contributed by atoms with Gasteiger partial charge in [-0.3, -0.25) is 9.59 Å². The molecule has 1 atom stereocenters. The number of carbonyl (C=O) groups excluding carboxylic acids is 2. The van der Waals surface area contributed by atoms with Crippen LogP contribution in [0.15, 0.2) is 4.42 Å². The fourth-order valence-corrected chi connectivity index (χ4v) is 3.24. The number of rotatable bonds is 4. The molecule has 1 aliphatic carbocycles. The van der Waals surface area contributed by atoms with Crippen molar-refractivity contribution in [3.63, 3.8) is 0 Å². The molecule has 0 bridgehead atoms. The Kier molecular flexibility index (Phi) is 3.65. The molecule has 1 amide bonds. The van der Waals surface area contributed by atoms with E-state index in [0.29, 0.717) is 18.2 Å². The Morgan fingerprint density at radius 2 is 2.05 bits per heavy atom. The smallest absolute Gasteiger partial charge is 0.307 e. The third kappa shape index (κ3) is 2.64. The van der Waals surface area contributed by atoms with E-state index in [4.69, 9.17) is 9.15 Å². The van der Waals surface area contributed by atoms with Crippen LogP contribution in [-0.2, 0) is 27.3 Å². The molecule has 21 heavy (non-hydrogen) atoms. The van der Waals surface area contributed by atoms with Crippen LogP contribution in [0.5, 0.6) is 0 Å². The molecule has 1 spiro atoms. The summed E-state index contributed by atoms with van der Waals surface area (Å²) in [5, 5.41) is 10.5. The number of nitrogens with zero attached hydrogens (tertiary/aromatic N) is 2. The van der Waals surface area contributed by atoms with E-state index < -0.39 is 11.5 Å². The van der Waals surface area contributed by atoms with Crippen LogP contribution < -0.4 is 5.32 Å². The van der Waals surface area contributed by atoms with Gasteiger partial charge in [-0.05, 0) is 25.7 Å². The van der Waals surface area contributed by atoms with E-state index in [1.807, 2.05) is 6.92 Å². The molecular weight excluding hydrogens is 274 g/mol. The molecule has 1 saturated carbocycles. The Morgan fingerprint density at radius 1 is 1.33 bits per heavy atom. The van der Waals surface area contributed by atoms with Crippen molar-refractivity contribution < 1.29 is 18.7 Å². The van der Waals surface area contributed by atoms with Gasteiger partial charge >= 0.3 is 5.97 Å². The van der Waals surface area contributed by atoms with E-state index in [-0.39, 0.29) is 24.8 Å². The Labute approximate surface area is 122 Å². The molecule has 3 rings (SSSR count). The van der Waals surface area contributed by atoms with E-state index in [2.05, 4.69) is 15.5 Å². The quantitative estimate of drug-likeness (QED) is 0.836. The van der Waals surface area contributed by atoms with Gasteiger partial charge in [-0.25, -0.2) is 0 Å². The van der Waals surface area contributed by atoms with E-state index in [1.54, 1.807) is 0 Å². The predicted octanol–water partition coefficient (Wildman–Crippen LogP) is 1.12. The van der Waals surface area contributed by atoms with Crippen LogP contribution in [0.4, 0.5) is 0 Å². The first-order valence-electron chi connectivity index (χ1n) is 7.44. The first-order chi connectivity index (χ1) is 10.1. The number of amides is 1. The van der Waals surface area contributed by atoms with Crippen LogP contribution >= 0.6 is 0 Å². The van der Waals surface area contributed by atoms with Crippen LogP contribution in [0.1, 0.15) is 50.8 Å². The van der Waals surface area contributed by atoms with Gasteiger partial charge in [-0.2, -0.15) is 0 Å². The Bertz CT molecular complexity index is 548. The molecule has 1 aromatic rings. The zero-order valence-electron chi connectivity index (χ0n) is 12.1. The molecule has 114 valence electrons. The molecule has 7 nitrogen and oxygen atoms in total. The number of nitrogens with one attached hydrogen (secondary N) is 1. The van der Waals surface area contributed by atoms with Crippen molar-refractivity contribution in [2.24, 2.45) is 5.92 Å². The first kappa shape index (κ1) is 14.0. The fourth-order valence-electron chi connectivity index (χ4n) is 3.24. The van der Waals surface area contributed by atoms with Gasteiger partial charge in [0.2, 0.25) is 17.7 Å². The predicted molar refractivity (Wildman–Crippen MR) is 70.9 cm³/mol. The molecule has 2 fully saturated rings. The lowest BCUT2D eigenvalue weighted by Crippen LogP contribution is -2.42. The second-order valence-corrected chi connectivity index (χ2v) is 5.66. The van der Waals surface area contributed by atoms with Crippen molar-refractivity contribution in [1.29, 1.82) is 0 Å². The van der Waals surface area contributed by atoms with Crippen LogP contribution in [0.3, 0.4) is 0 Å². The van der Waals surface area contributed by atoms with Gasteiger partial charge in [0.25, 0.3) is 0 Å². The molecule has 1 saturated heterocycles. The van der Waals surface area contributed by atoms with Gasteiger partial charge in [0, 0.05) is 6.42 Å². The van der Waals surface area contributed by atoms with Crippen molar-refractivity contribution in [1.82, 2.24) is 15.5 Å². The summed E-state index contributed by atoms with van der Waals surface area (Å²) in [4.78, 5) is 24.0. The van der Waals surface area contributed by atoms with Crippen LogP contribution in [0.25, 0.3) is 0 Å². The number of carbonyl (C=O) groups is 2. The summed E-state index contributed by atoms with van der Waals surface area (Å²) in [6.45, 7) is 2.10. The van der Waals surface area contributed by atoms with E-state index in [0.717, 1.165) is 25.7 Å². The van der Waals surface area contributed by atoms with Crippen molar-refractivity contribution >= 4 is 11.9 Å². The average Bonchev–Trinajstić information content (AvgIpc) is 3.18. The van der Waals surface area contributed by atoms with E-state index in [1.165, 1.54) is 0 Å². The minimum absolute atomic E-state index is 0.163. The molecular formula is C14H19N3O4. The van der Waals surface area contributed by atoms with Crippen LogP contribution in [0, 0.1) is 5.92 Å². The normalized spacial score (nSPS) is 23.5. The highest BCUT2D eigenvalue weighted by Crippen LogP contribution is 2.45. The van der Waals surface area contributed by atoms with Crippen LogP contribution in [-0.4, -0.2) is 27.7 Å². The summed E-state index contributed by atoms with van der Waals surface area (Å²) in [6, 6.07) is 0. The van der Waals surface area contributed by atoms with E-state index in [9.17, 15) is 9.59 Å². The van der Waals surface area contributed by atoms with E-state index >= 15 is 0 Å². The molecule has 1 N–H and O–H groups in total. The highest BCUT2D eigenvalue weighted by Gasteiger charge is 2.53. The molecule has 0 unspecified atom stereocenters. The maximum atomic E-state index is 12.4. The Balaban J connectivity index is 1.63. The summed E-state index contributed by atoms with van der Waals surface area (Å²) in [5.74, 6) is 0.0833. The van der Waals surface area contributed by atoms with Gasteiger partial charge in [-0.15, -0.1) is 10.2 Å². The summed E-state index contributed by atoms with van der Waals surface area (Å²) < 4.78 is 10.8. The second-order valence-electron chi connectivity index (χ2n) is 5.66. The number of esters is 1. The van der Waals surface area contributed by atoms with Gasteiger partial charge in [0.1, 0.15) is 5.60 Å². The second kappa shape index (κ2) is 5.46. The molecule has 1 aromatic heterocycles. The molecule has 0 aromatic carbocycles. The number of hydrogen-bond donors (Lipinski definition) is 1. The topological polar surface area (TPSA) is 94.3 Å². The Morgan fingerprint density at radius 3 is 2.71 bits per heavy atom. The van der Waals surface area contributed by atoms with Gasteiger partial charge < -0.3 is 14.5 Å². The van der Waals surface area contributed by atoms with Gasteiger partial charge in [0.15, 0.2) is 0 Å². The minimum Gasteiger partial charge on any atom is -0.458 e. The third-order valence-corrected chi connectivity index (χ3v) is 4.31. The lowest BCUT2D eigenvalue weighted by Gasteiger charge is -2.27. The molecule has 2 heterocycles. The SMILES string of the molecule is CCc1nnc(CNC(=O)[C@@H]2CC(=O)OC23CCCC3)o1. The molecule has 1 aliphatic heterocycles. The number of ether oxygens (including phenoxy) is 1. The average molecular weight is 293 g/mol. The molecule has 2 aliphatic rings. The summed E-state index contributed by atoms with van der Waals surface area (Å²) >= 11 is 0. The number of aromatic nitrogens is 2. The fraction of sp³-hybridized carbons (Fsp3) is 0.714. The Hall–Kier alpha value is -1.92. The summed E-state index contributed by atoms with van der Waals surface area (Å²) in [7, 11) is 0. The monoisotopic (exact) mass is 293 g/mol. The van der Waals surface area contributed by atoms with Crippen molar-refractivity contribution in [3.05, 3.63) is 11.8 Å². The zero-order valence-corrected chi connectivity index (χ0v) is 12.1. The van der Waals surface area contributed by atoms with Gasteiger partial charge in [0.05, 0.1) is 18.9 Å². The zero-order chi connectivity index (χ0) is 14.9. The van der Waals surface area contributed by atoms with Gasteiger partial charge in [-0.1, -0.05) is 6.92 Å². The molecule has 7 heteroatoms. The van der Waals surface area contributed by atoms with Crippen LogP contribution in [0.2, 0.25) is 0 Å². The first-order valence-corrected chi connectivity index (χ1v) is 7.44. The largest absolute Gasteiger partial charge is 0.458 e. The maximum Gasteiger partial charge on any atom is 0.307 e. The number of aryl methyl sites for hydroxylation is 1. The third-order valence-electron chi connectivity index (χ3n) is 4.31. The lowest BCUT2D eigenvalue weighted by molar-refractivity contribution is -0.150. The maximum absolute atomic E-state index is 12.4. The van der Waals surface area contributed by atoms with Crippen molar-refractivity contribution in [2.45, 2.75) is 57.6 Å². The standard InChI is InChI=1S/C14H19N3O4/c1-2-10-16-17-11(20-10)8-15-13(19)9-7-12(18)21-14(9)5-3-4-6-14/h9H,2-8H2,1H3,(H,15,19)/t9-/m0/s1. The highest BCUT2D eigenvalue weighted by atomic mass is 16.6. The summed E-state index contributed by atoms with van der Waals surface area (Å²) in [5.41, 5.74) is -0.579. The summed E-state index contributed by atoms with van der Waals surface area (Å²) in [6.07, 6.45) is 4.38.